The maximum atomic E-state index is 12.6. The van der Waals surface area contributed by atoms with Crippen molar-refractivity contribution in [2.45, 2.75) is 58.0 Å². The predicted molar refractivity (Wildman–Crippen MR) is 108 cm³/mol. The van der Waals surface area contributed by atoms with E-state index in [1.807, 2.05) is 34.2 Å². The van der Waals surface area contributed by atoms with Gasteiger partial charge >= 0.3 is 0 Å². The molecule has 152 valence electrons. The van der Waals surface area contributed by atoms with Crippen molar-refractivity contribution < 1.29 is 9.59 Å². The average molecular weight is 393 g/mol. The van der Waals surface area contributed by atoms with Crippen LogP contribution in [-0.2, 0) is 29.0 Å². The number of nitrogens with zero attached hydrogens (tertiary/aromatic N) is 5. The van der Waals surface area contributed by atoms with Crippen LogP contribution in [0.1, 0.15) is 61.4 Å². The molecular formula is C22H27N5O2. The Morgan fingerprint density at radius 3 is 2.90 bits per heavy atom. The molecule has 2 amide bonds. The highest BCUT2D eigenvalue weighted by molar-refractivity contribution is 5.76. The highest BCUT2D eigenvalue weighted by Gasteiger charge is 2.31. The van der Waals surface area contributed by atoms with Gasteiger partial charge in [0.15, 0.2) is 5.82 Å². The topological polar surface area (TPSA) is 79.3 Å². The van der Waals surface area contributed by atoms with Crippen molar-refractivity contribution in [3.05, 3.63) is 53.4 Å². The van der Waals surface area contributed by atoms with Crippen molar-refractivity contribution in [3.63, 3.8) is 0 Å². The minimum Gasteiger partial charge on any atom is -0.338 e. The number of carbonyl (C=O) groups is 2. The molecule has 0 saturated carbocycles. The van der Waals surface area contributed by atoms with Crippen LogP contribution < -0.4 is 0 Å². The van der Waals surface area contributed by atoms with E-state index in [1.54, 1.807) is 13.1 Å². The van der Waals surface area contributed by atoms with Crippen LogP contribution in [0.2, 0.25) is 0 Å². The van der Waals surface area contributed by atoms with E-state index in [2.05, 4.69) is 9.97 Å². The van der Waals surface area contributed by atoms with Gasteiger partial charge in [0.2, 0.25) is 11.8 Å². The largest absolute Gasteiger partial charge is 0.338 e. The summed E-state index contributed by atoms with van der Waals surface area (Å²) in [7, 11) is 0. The van der Waals surface area contributed by atoms with E-state index in [9.17, 15) is 9.59 Å². The van der Waals surface area contributed by atoms with E-state index in [0.717, 1.165) is 61.4 Å². The zero-order chi connectivity index (χ0) is 20.2. The van der Waals surface area contributed by atoms with Gasteiger partial charge in [-0.15, -0.1) is 0 Å². The third kappa shape index (κ3) is 4.44. The molecule has 1 fully saturated rings. The standard InChI is InChI=1S/C22H27N5O2/c1-16(28)27-12-5-8-20(27)22-24-14-17-15-26(13-10-19(17)25-22)21(29)9-4-7-18-6-2-3-11-23-18/h2-3,6,11,14,20H,4-5,7-10,12-13,15H2,1H3/t20-/m1/s1. The molecule has 0 N–H and O–H groups in total. The number of aryl methyl sites for hydroxylation is 1. The lowest BCUT2D eigenvalue weighted by atomic mass is 10.1. The first-order valence-electron chi connectivity index (χ1n) is 10.4. The molecule has 2 aromatic heterocycles. The van der Waals surface area contributed by atoms with Crippen molar-refractivity contribution >= 4 is 11.8 Å². The van der Waals surface area contributed by atoms with Crippen LogP contribution in [0.25, 0.3) is 0 Å². The van der Waals surface area contributed by atoms with E-state index in [1.165, 1.54) is 0 Å². The number of carbonyl (C=O) groups excluding carboxylic acids is 2. The molecule has 2 aromatic rings. The Bertz CT molecular complexity index is 886. The third-order valence-corrected chi connectivity index (χ3v) is 5.81. The van der Waals surface area contributed by atoms with Crippen molar-refractivity contribution in [1.29, 1.82) is 0 Å². The predicted octanol–water partition coefficient (Wildman–Crippen LogP) is 2.46. The van der Waals surface area contributed by atoms with Gasteiger partial charge in [-0.05, 0) is 37.8 Å². The van der Waals surface area contributed by atoms with Crippen molar-refractivity contribution in [2.75, 3.05) is 13.1 Å². The molecule has 7 nitrogen and oxygen atoms in total. The summed E-state index contributed by atoms with van der Waals surface area (Å²) < 4.78 is 0. The maximum Gasteiger partial charge on any atom is 0.222 e. The van der Waals surface area contributed by atoms with Crippen LogP contribution in [0, 0.1) is 0 Å². The van der Waals surface area contributed by atoms with Gasteiger partial charge < -0.3 is 9.80 Å². The van der Waals surface area contributed by atoms with Gasteiger partial charge in [-0.25, -0.2) is 9.97 Å². The van der Waals surface area contributed by atoms with Gasteiger partial charge in [-0.2, -0.15) is 0 Å². The Morgan fingerprint density at radius 2 is 2.10 bits per heavy atom. The second kappa shape index (κ2) is 8.68. The molecule has 29 heavy (non-hydrogen) atoms. The second-order valence-corrected chi connectivity index (χ2v) is 7.81. The summed E-state index contributed by atoms with van der Waals surface area (Å²) >= 11 is 0. The molecule has 0 bridgehead atoms. The number of hydrogen-bond donors (Lipinski definition) is 0. The Balaban J connectivity index is 1.35. The first kappa shape index (κ1) is 19.5. The Kier molecular flexibility index (Phi) is 5.83. The summed E-state index contributed by atoms with van der Waals surface area (Å²) in [6.07, 6.45) is 8.43. The van der Waals surface area contributed by atoms with E-state index in [-0.39, 0.29) is 17.9 Å². The smallest absolute Gasteiger partial charge is 0.222 e. The lowest BCUT2D eigenvalue weighted by Crippen LogP contribution is -2.37. The molecule has 2 aliphatic heterocycles. The number of aromatic nitrogens is 3. The lowest BCUT2D eigenvalue weighted by Gasteiger charge is -2.29. The third-order valence-electron chi connectivity index (χ3n) is 5.81. The number of hydrogen-bond acceptors (Lipinski definition) is 5. The average Bonchev–Trinajstić information content (AvgIpc) is 3.24. The number of rotatable bonds is 5. The first-order chi connectivity index (χ1) is 14.1. The van der Waals surface area contributed by atoms with Gasteiger partial charge in [0.1, 0.15) is 0 Å². The molecule has 0 aromatic carbocycles. The quantitative estimate of drug-likeness (QED) is 0.780. The number of likely N-dealkylation sites (tertiary alicyclic amines) is 1. The zero-order valence-electron chi connectivity index (χ0n) is 16.9. The highest BCUT2D eigenvalue weighted by Crippen LogP contribution is 2.30. The van der Waals surface area contributed by atoms with Crippen LogP contribution in [0.4, 0.5) is 0 Å². The SMILES string of the molecule is CC(=O)N1CCC[C@@H]1c1ncc2c(n1)CCN(C(=O)CCCc1ccccn1)C2. The monoisotopic (exact) mass is 393 g/mol. The fourth-order valence-corrected chi connectivity index (χ4v) is 4.24. The number of amides is 2. The van der Waals surface area contributed by atoms with Gasteiger partial charge in [0, 0.05) is 63.1 Å². The zero-order valence-corrected chi connectivity index (χ0v) is 16.9. The van der Waals surface area contributed by atoms with Gasteiger partial charge in [-0.1, -0.05) is 6.07 Å². The van der Waals surface area contributed by atoms with Crippen molar-refractivity contribution in [2.24, 2.45) is 0 Å². The van der Waals surface area contributed by atoms with Gasteiger partial charge in [-0.3, -0.25) is 14.6 Å². The van der Waals surface area contributed by atoms with E-state index >= 15 is 0 Å². The Morgan fingerprint density at radius 1 is 1.21 bits per heavy atom. The molecule has 7 heteroatoms. The normalized spacial score (nSPS) is 18.6. The first-order valence-corrected chi connectivity index (χ1v) is 10.4. The molecule has 1 saturated heterocycles. The maximum absolute atomic E-state index is 12.6. The number of pyridine rings is 1. The fourth-order valence-electron chi connectivity index (χ4n) is 4.24. The molecule has 1 atom stereocenters. The molecule has 4 heterocycles. The summed E-state index contributed by atoms with van der Waals surface area (Å²) in [5.74, 6) is 0.997. The minimum absolute atomic E-state index is 0.0101. The molecule has 2 aliphatic rings. The molecular weight excluding hydrogens is 366 g/mol. The van der Waals surface area contributed by atoms with Crippen molar-refractivity contribution in [1.82, 2.24) is 24.8 Å². The molecule has 0 radical (unpaired) electrons. The Labute approximate surface area is 171 Å². The summed E-state index contributed by atoms with van der Waals surface area (Å²) in [5, 5.41) is 0. The molecule has 0 spiro atoms. The number of fused-ring (bicyclic) bond motifs is 1. The fraction of sp³-hybridized carbons (Fsp3) is 0.500. The van der Waals surface area contributed by atoms with Crippen LogP contribution in [0.3, 0.4) is 0 Å². The summed E-state index contributed by atoms with van der Waals surface area (Å²) in [5.41, 5.74) is 3.06. The molecule has 0 aliphatic carbocycles. The van der Waals surface area contributed by atoms with E-state index in [0.29, 0.717) is 19.5 Å². The Hall–Kier alpha value is -2.83. The molecule has 0 unspecified atom stereocenters. The van der Waals surface area contributed by atoms with E-state index in [4.69, 9.17) is 4.98 Å². The van der Waals surface area contributed by atoms with Crippen LogP contribution in [-0.4, -0.2) is 49.7 Å². The highest BCUT2D eigenvalue weighted by atomic mass is 16.2. The molecule has 4 rings (SSSR count). The lowest BCUT2D eigenvalue weighted by molar-refractivity contribution is -0.132. The minimum atomic E-state index is -0.0101. The second-order valence-electron chi connectivity index (χ2n) is 7.81. The summed E-state index contributed by atoms with van der Waals surface area (Å²) in [4.78, 5) is 41.8. The van der Waals surface area contributed by atoms with Crippen LogP contribution >= 0.6 is 0 Å². The van der Waals surface area contributed by atoms with Crippen LogP contribution in [0.5, 0.6) is 0 Å². The van der Waals surface area contributed by atoms with Crippen molar-refractivity contribution in [3.8, 4) is 0 Å². The van der Waals surface area contributed by atoms with Gasteiger partial charge in [0.25, 0.3) is 0 Å². The summed E-state index contributed by atoms with van der Waals surface area (Å²) in [6, 6.07) is 5.86. The summed E-state index contributed by atoms with van der Waals surface area (Å²) in [6.45, 7) is 3.64. The van der Waals surface area contributed by atoms with E-state index < -0.39 is 0 Å². The van der Waals surface area contributed by atoms with Crippen LogP contribution in [0.15, 0.2) is 30.6 Å². The van der Waals surface area contributed by atoms with Gasteiger partial charge in [0.05, 0.1) is 11.7 Å².